The molecule has 0 aliphatic rings. The van der Waals surface area contributed by atoms with Crippen LogP contribution in [0.15, 0.2) is 24.5 Å². The van der Waals surface area contributed by atoms with Crippen LogP contribution in [0.5, 0.6) is 0 Å². The summed E-state index contributed by atoms with van der Waals surface area (Å²) in [5, 5.41) is 6.73. The maximum absolute atomic E-state index is 5.07. The molecule has 5 heteroatoms. The third-order valence-corrected chi connectivity index (χ3v) is 2.02. The molecular formula is C8H8N4S. The molecule has 2 aromatic rings. The third kappa shape index (κ3) is 1.38. The lowest BCUT2D eigenvalue weighted by molar-refractivity contribution is 0.954. The van der Waals surface area contributed by atoms with Gasteiger partial charge in [-0.3, -0.25) is 14.6 Å². The highest BCUT2D eigenvalue weighted by molar-refractivity contribution is 7.71. The van der Waals surface area contributed by atoms with Gasteiger partial charge in [-0.05, 0) is 31.3 Å². The summed E-state index contributed by atoms with van der Waals surface area (Å²) < 4.78 is 2.42. The zero-order valence-corrected chi connectivity index (χ0v) is 7.88. The Morgan fingerprint density at radius 2 is 2.38 bits per heavy atom. The summed E-state index contributed by atoms with van der Waals surface area (Å²) in [6.07, 6.45) is 3.47. The van der Waals surface area contributed by atoms with Gasteiger partial charge in [-0.15, -0.1) is 0 Å². The minimum atomic E-state index is 0.588. The van der Waals surface area contributed by atoms with Crippen LogP contribution in [-0.2, 0) is 0 Å². The molecule has 13 heavy (non-hydrogen) atoms. The van der Waals surface area contributed by atoms with Crippen LogP contribution in [0.2, 0.25) is 0 Å². The molecule has 66 valence electrons. The third-order valence-electron chi connectivity index (χ3n) is 1.74. The molecular weight excluding hydrogens is 184 g/mol. The maximum atomic E-state index is 5.07. The molecule has 0 saturated carbocycles. The molecule has 2 aromatic heterocycles. The normalized spacial score (nSPS) is 10.2. The Bertz CT molecular complexity index is 456. The molecule has 1 N–H and O–H groups in total. The Morgan fingerprint density at radius 1 is 1.54 bits per heavy atom. The van der Waals surface area contributed by atoms with Crippen molar-refractivity contribution in [1.29, 1.82) is 0 Å². The average molecular weight is 192 g/mol. The Kier molecular flexibility index (Phi) is 1.94. The maximum Gasteiger partial charge on any atom is 0.199 e. The van der Waals surface area contributed by atoms with Gasteiger partial charge < -0.3 is 0 Å². The van der Waals surface area contributed by atoms with Crippen molar-refractivity contribution in [2.75, 3.05) is 0 Å². The number of nitrogens with one attached hydrogen (secondary N) is 1. The molecule has 4 nitrogen and oxygen atoms in total. The monoisotopic (exact) mass is 192 g/mol. The number of nitrogens with zero attached hydrogens (tertiary/aromatic N) is 3. The van der Waals surface area contributed by atoms with Crippen LogP contribution in [0.4, 0.5) is 0 Å². The van der Waals surface area contributed by atoms with Gasteiger partial charge in [0.25, 0.3) is 0 Å². The van der Waals surface area contributed by atoms with Crippen molar-refractivity contribution in [1.82, 2.24) is 19.7 Å². The van der Waals surface area contributed by atoms with E-state index in [-0.39, 0.29) is 0 Å². The summed E-state index contributed by atoms with van der Waals surface area (Å²) in [6, 6.07) is 3.80. The number of hydrogen-bond acceptors (Lipinski definition) is 3. The molecule has 0 atom stereocenters. The van der Waals surface area contributed by atoms with Crippen molar-refractivity contribution in [2.45, 2.75) is 6.92 Å². The van der Waals surface area contributed by atoms with Crippen LogP contribution in [0.3, 0.4) is 0 Å². The molecule has 0 spiro atoms. The van der Waals surface area contributed by atoms with E-state index >= 15 is 0 Å². The number of aryl methyl sites for hydroxylation is 1. The smallest absolute Gasteiger partial charge is 0.199 e. The molecule has 0 fully saturated rings. The first-order chi connectivity index (χ1) is 6.29. The Balaban J connectivity index is 2.65. The summed E-state index contributed by atoms with van der Waals surface area (Å²) in [4.78, 5) is 4.01. The van der Waals surface area contributed by atoms with Crippen molar-refractivity contribution in [3.8, 4) is 5.69 Å². The van der Waals surface area contributed by atoms with E-state index in [0.29, 0.717) is 4.77 Å². The van der Waals surface area contributed by atoms with E-state index < -0.39 is 0 Å². The van der Waals surface area contributed by atoms with E-state index in [0.717, 1.165) is 11.5 Å². The highest BCUT2D eigenvalue weighted by Gasteiger charge is 2.02. The van der Waals surface area contributed by atoms with Crippen molar-refractivity contribution in [3.05, 3.63) is 35.1 Å². The minimum absolute atomic E-state index is 0.588. The second-order valence-electron chi connectivity index (χ2n) is 2.62. The minimum Gasteiger partial charge on any atom is -0.271 e. The molecule has 0 aliphatic carbocycles. The Labute approximate surface area is 80.3 Å². The zero-order valence-electron chi connectivity index (χ0n) is 7.06. The lowest BCUT2D eigenvalue weighted by Gasteiger charge is -2.01. The van der Waals surface area contributed by atoms with Gasteiger partial charge in [-0.25, -0.2) is 0 Å². The van der Waals surface area contributed by atoms with Gasteiger partial charge >= 0.3 is 0 Å². The topological polar surface area (TPSA) is 46.5 Å². The van der Waals surface area contributed by atoms with E-state index in [1.807, 2.05) is 23.6 Å². The summed E-state index contributed by atoms with van der Waals surface area (Å²) in [7, 11) is 0. The van der Waals surface area contributed by atoms with Gasteiger partial charge in [0.15, 0.2) is 4.77 Å². The number of hydrogen-bond donors (Lipinski definition) is 1. The quantitative estimate of drug-likeness (QED) is 0.698. The fraction of sp³-hybridized carbons (Fsp3) is 0.125. The second kappa shape index (κ2) is 3.10. The summed E-state index contributed by atoms with van der Waals surface area (Å²) in [5.74, 6) is 0.831. The standard InChI is InChI=1S/C8H8N4S/c1-6-10-11-8(13)12(6)7-3-2-4-9-5-7/h2-5H,1H3,(H,11,13). The molecule has 0 radical (unpaired) electrons. The van der Waals surface area contributed by atoms with Gasteiger partial charge in [0, 0.05) is 6.20 Å². The highest BCUT2D eigenvalue weighted by atomic mass is 32.1. The van der Waals surface area contributed by atoms with Crippen molar-refractivity contribution < 1.29 is 0 Å². The van der Waals surface area contributed by atoms with Gasteiger partial charge in [0.05, 0.1) is 11.9 Å². The molecule has 2 heterocycles. The molecule has 0 aromatic carbocycles. The largest absolute Gasteiger partial charge is 0.271 e. The zero-order chi connectivity index (χ0) is 9.26. The van der Waals surface area contributed by atoms with E-state index in [1.54, 1.807) is 12.4 Å². The van der Waals surface area contributed by atoms with Crippen LogP contribution in [-0.4, -0.2) is 19.7 Å². The summed E-state index contributed by atoms with van der Waals surface area (Å²) in [5.41, 5.74) is 0.929. The van der Waals surface area contributed by atoms with Crippen LogP contribution < -0.4 is 0 Å². The Morgan fingerprint density at radius 3 is 2.92 bits per heavy atom. The van der Waals surface area contributed by atoms with Gasteiger partial charge in [-0.1, -0.05) is 0 Å². The lowest BCUT2D eigenvalue weighted by atomic mass is 10.4. The molecule has 0 unspecified atom stereocenters. The summed E-state index contributed by atoms with van der Waals surface area (Å²) >= 11 is 5.07. The number of rotatable bonds is 1. The van der Waals surface area contributed by atoms with Crippen molar-refractivity contribution in [2.24, 2.45) is 0 Å². The van der Waals surface area contributed by atoms with E-state index in [2.05, 4.69) is 15.2 Å². The number of aromatic amines is 1. The van der Waals surface area contributed by atoms with E-state index in [1.165, 1.54) is 0 Å². The van der Waals surface area contributed by atoms with Crippen LogP contribution >= 0.6 is 12.2 Å². The first-order valence-electron chi connectivity index (χ1n) is 3.83. The predicted octanol–water partition coefficient (Wildman–Crippen LogP) is 1.63. The number of H-pyrrole nitrogens is 1. The summed E-state index contributed by atoms with van der Waals surface area (Å²) in [6.45, 7) is 1.89. The number of aromatic nitrogens is 4. The molecule has 0 bridgehead atoms. The van der Waals surface area contributed by atoms with Crippen LogP contribution in [0.25, 0.3) is 5.69 Å². The lowest BCUT2D eigenvalue weighted by Crippen LogP contribution is -1.96. The van der Waals surface area contributed by atoms with Crippen molar-refractivity contribution in [3.63, 3.8) is 0 Å². The molecule has 0 amide bonds. The fourth-order valence-corrected chi connectivity index (χ4v) is 1.45. The molecule has 0 aliphatic heterocycles. The van der Waals surface area contributed by atoms with E-state index in [9.17, 15) is 0 Å². The fourth-order valence-electron chi connectivity index (χ4n) is 1.17. The molecule has 0 saturated heterocycles. The van der Waals surface area contributed by atoms with E-state index in [4.69, 9.17) is 12.2 Å². The number of pyridine rings is 1. The SMILES string of the molecule is Cc1n[nH]c(=S)n1-c1cccnc1. The van der Waals surface area contributed by atoms with Crippen LogP contribution in [0, 0.1) is 11.7 Å². The second-order valence-corrected chi connectivity index (χ2v) is 3.01. The first kappa shape index (κ1) is 8.12. The predicted molar refractivity (Wildman–Crippen MR) is 51.3 cm³/mol. The van der Waals surface area contributed by atoms with Gasteiger partial charge in [-0.2, -0.15) is 5.10 Å². The van der Waals surface area contributed by atoms with Gasteiger partial charge in [0.1, 0.15) is 5.82 Å². The van der Waals surface area contributed by atoms with Crippen LogP contribution in [0.1, 0.15) is 5.82 Å². The average Bonchev–Trinajstić information content (AvgIpc) is 2.48. The first-order valence-corrected chi connectivity index (χ1v) is 4.24. The Hall–Kier alpha value is -1.49. The van der Waals surface area contributed by atoms with Gasteiger partial charge in [0.2, 0.25) is 0 Å². The highest BCUT2D eigenvalue weighted by Crippen LogP contribution is 2.07. The molecule has 2 rings (SSSR count). The van der Waals surface area contributed by atoms with Crippen molar-refractivity contribution >= 4 is 12.2 Å².